The molecular weight excluding hydrogens is 248 g/mol. The van der Waals surface area contributed by atoms with Gasteiger partial charge in [0, 0.05) is 36.3 Å². The lowest BCUT2D eigenvalue weighted by Crippen LogP contribution is -1.84. The number of oxazole rings is 1. The number of hydrogen-bond acceptors (Lipinski definition) is 5. The fraction of sp³-hybridized carbons (Fsp3) is 0.167. The summed E-state index contributed by atoms with van der Waals surface area (Å²) >= 11 is 1.55. The number of thioether (sulfide) groups is 1. The van der Waals surface area contributed by atoms with E-state index in [1.807, 2.05) is 31.6 Å². The molecule has 0 spiro atoms. The van der Waals surface area contributed by atoms with Crippen molar-refractivity contribution in [3.63, 3.8) is 0 Å². The zero-order valence-electron chi connectivity index (χ0n) is 9.83. The van der Waals surface area contributed by atoms with Crippen LogP contribution in [0.25, 0.3) is 11.1 Å². The minimum absolute atomic E-state index is 0.652. The molecule has 2 heterocycles. The Kier molecular flexibility index (Phi) is 2.71. The number of benzene rings is 1. The Hall–Kier alpha value is -1.95. The normalized spacial score (nSPS) is 11.2. The predicted molar refractivity (Wildman–Crippen MR) is 71.2 cm³/mol. The van der Waals surface area contributed by atoms with Crippen LogP contribution in [0.4, 0.5) is 5.69 Å². The number of aryl methyl sites for hydroxylation is 1. The summed E-state index contributed by atoms with van der Waals surface area (Å²) in [6, 6.07) is 5.47. The summed E-state index contributed by atoms with van der Waals surface area (Å²) in [6.07, 6.45) is 3.82. The fourth-order valence-corrected chi connectivity index (χ4v) is 2.42. The van der Waals surface area contributed by atoms with Crippen LogP contribution in [0.1, 0.15) is 5.56 Å². The third-order valence-corrected chi connectivity index (χ3v) is 3.41. The number of anilines is 1. The third-order valence-electron chi connectivity index (χ3n) is 2.51. The smallest absolute Gasteiger partial charge is 0.257 e. The Bertz CT molecular complexity index is 688. The molecule has 1 aromatic carbocycles. The number of rotatable bonds is 3. The summed E-state index contributed by atoms with van der Waals surface area (Å²) in [5, 5.41) is 4.77. The highest BCUT2D eigenvalue weighted by Gasteiger charge is 2.07. The van der Waals surface area contributed by atoms with Gasteiger partial charge >= 0.3 is 0 Å². The quantitative estimate of drug-likeness (QED) is 0.578. The van der Waals surface area contributed by atoms with Crippen molar-refractivity contribution in [1.82, 2.24) is 14.8 Å². The molecule has 2 N–H and O–H groups in total. The molecule has 3 rings (SSSR count). The predicted octanol–water partition coefficient (Wildman–Crippen LogP) is 2.44. The number of aromatic nitrogens is 3. The highest BCUT2D eigenvalue weighted by Crippen LogP contribution is 2.27. The topological polar surface area (TPSA) is 69.9 Å². The van der Waals surface area contributed by atoms with Crippen molar-refractivity contribution >= 4 is 28.5 Å². The number of hydrogen-bond donors (Lipinski definition) is 1. The molecule has 0 unspecified atom stereocenters. The van der Waals surface area contributed by atoms with Crippen molar-refractivity contribution in [3.8, 4) is 0 Å². The molecule has 6 heteroatoms. The van der Waals surface area contributed by atoms with E-state index in [9.17, 15) is 0 Å². The van der Waals surface area contributed by atoms with Gasteiger partial charge in [-0.3, -0.25) is 4.68 Å². The highest BCUT2D eigenvalue weighted by molar-refractivity contribution is 7.98. The van der Waals surface area contributed by atoms with Crippen molar-refractivity contribution in [2.75, 3.05) is 5.73 Å². The molecule has 0 amide bonds. The maximum atomic E-state index is 5.70. The van der Waals surface area contributed by atoms with Gasteiger partial charge in [0.2, 0.25) is 0 Å². The van der Waals surface area contributed by atoms with Crippen molar-refractivity contribution in [3.05, 3.63) is 36.2 Å². The Balaban J connectivity index is 1.78. The molecule has 0 saturated carbocycles. The lowest BCUT2D eigenvalue weighted by atomic mass is 10.3. The molecule has 0 fully saturated rings. The van der Waals surface area contributed by atoms with E-state index in [-0.39, 0.29) is 0 Å². The maximum Gasteiger partial charge on any atom is 0.257 e. The molecular formula is C12H12N4OS. The Morgan fingerprint density at radius 1 is 1.44 bits per heavy atom. The molecule has 2 aromatic heterocycles. The van der Waals surface area contributed by atoms with E-state index >= 15 is 0 Å². The van der Waals surface area contributed by atoms with Gasteiger partial charge in [0.05, 0.1) is 6.20 Å². The largest absolute Gasteiger partial charge is 0.431 e. The number of nitrogens with two attached hydrogens (primary N) is 1. The fourth-order valence-electron chi connectivity index (χ4n) is 1.67. The van der Waals surface area contributed by atoms with Gasteiger partial charge in [-0.2, -0.15) is 5.10 Å². The van der Waals surface area contributed by atoms with E-state index in [4.69, 9.17) is 10.2 Å². The van der Waals surface area contributed by atoms with Crippen molar-refractivity contribution in [1.29, 1.82) is 0 Å². The van der Waals surface area contributed by atoms with E-state index in [1.165, 1.54) is 0 Å². The molecule has 0 saturated heterocycles. The molecule has 3 aromatic rings. The minimum Gasteiger partial charge on any atom is -0.431 e. The van der Waals surface area contributed by atoms with Gasteiger partial charge in [-0.05, 0) is 12.1 Å². The second-order valence-corrected chi connectivity index (χ2v) is 4.94. The highest BCUT2D eigenvalue weighted by atomic mass is 32.2. The summed E-state index contributed by atoms with van der Waals surface area (Å²) in [7, 11) is 1.90. The molecule has 0 aliphatic heterocycles. The van der Waals surface area contributed by atoms with Crippen molar-refractivity contribution in [2.24, 2.45) is 7.05 Å². The molecule has 92 valence electrons. The monoisotopic (exact) mass is 260 g/mol. The first-order chi connectivity index (χ1) is 8.70. The summed E-state index contributed by atoms with van der Waals surface area (Å²) in [6.45, 7) is 0. The molecule has 0 bridgehead atoms. The summed E-state index contributed by atoms with van der Waals surface area (Å²) in [4.78, 5) is 4.39. The molecule has 0 atom stereocenters. The lowest BCUT2D eigenvalue weighted by Gasteiger charge is -1.91. The van der Waals surface area contributed by atoms with Gasteiger partial charge in [-0.15, -0.1) is 0 Å². The Labute approximate surface area is 108 Å². The molecule has 0 aliphatic carbocycles. The average Bonchev–Trinajstić information content (AvgIpc) is 2.92. The van der Waals surface area contributed by atoms with Crippen LogP contribution in [0.15, 0.2) is 40.2 Å². The van der Waals surface area contributed by atoms with Crippen LogP contribution in [0, 0.1) is 0 Å². The first-order valence-corrected chi connectivity index (χ1v) is 6.46. The number of nitrogen functional groups attached to an aromatic ring is 1. The van der Waals surface area contributed by atoms with Crippen LogP contribution in [0.3, 0.4) is 0 Å². The van der Waals surface area contributed by atoms with Gasteiger partial charge in [0.25, 0.3) is 5.22 Å². The molecule has 5 nitrogen and oxygen atoms in total. The zero-order valence-corrected chi connectivity index (χ0v) is 10.6. The van der Waals surface area contributed by atoms with Gasteiger partial charge in [-0.1, -0.05) is 11.8 Å². The second-order valence-electron chi connectivity index (χ2n) is 4.02. The summed E-state index contributed by atoms with van der Waals surface area (Å²) in [5.74, 6) is 0.788. The molecule has 0 aliphatic rings. The van der Waals surface area contributed by atoms with Gasteiger partial charge < -0.3 is 10.2 Å². The molecule has 0 radical (unpaired) electrons. The zero-order chi connectivity index (χ0) is 12.5. The van der Waals surface area contributed by atoms with Crippen LogP contribution in [0.5, 0.6) is 0 Å². The Morgan fingerprint density at radius 2 is 2.33 bits per heavy atom. The lowest BCUT2D eigenvalue weighted by molar-refractivity contribution is 0.489. The van der Waals surface area contributed by atoms with E-state index in [1.54, 1.807) is 22.5 Å². The van der Waals surface area contributed by atoms with Crippen molar-refractivity contribution in [2.45, 2.75) is 11.0 Å². The van der Waals surface area contributed by atoms with Crippen LogP contribution < -0.4 is 5.73 Å². The molecule has 18 heavy (non-hydrogen) atoms. The second kappa shape index (κ2) is 4.38. The van der Waals surface area contributed by atoms with E-state index in [0.717, 1.165) is 22.4 Å². The average molecular weight is 260 g/mol. The minimum atomic E-state index is 0.652. The van der Waals surface area contributed by atoms with Crippen LogP contribution in [0.2, 0.25) is 0 Å². The van der Waals surface area contributed by atoms with Crippen LogP contribution in [-0.2, 0) is 12.8 Å². The van der Waals surface area contributed by atoms with E-state index in [2.05, 4.69) is 10.1 Å². The van der Waals surface area contributed by atoms with E-state index in [0.29, 0.717) is 10.9 Å². The number of fused-ring (bicyclic) bond motifs is 1. The first kappa shape index (κ1) is 11.2. The van der Waals surface area contributed by atoms with Gasteiger partial charge in [0.1, 0.15) is 5.52 Å². The van der Waals surface area contributed by atoms with Gasteiger partial charge in [0.15, 0.2) is 5.58 Å². The summed E-state index contributed by atoms with van der Waals surface area (Å²) in [5.41, 5.74) is 9.08. The maximum absolute atomic E-state index is 5.70. The van der Waals surface area contributed by atoms with Crippen LogP contribution in [-0.4, -0.2) is 14.8 Å². The first-order valence-electron chi connectivity index (χ1n) is 5.47. The van der Waals surface area contributed by atoms with Crippen molar-refractivity contribution < 1.29 is 4.42 Å². The van der Waals surface area contributed by atoms with Gasteiger partial charge in [-0.25, -0.2) is 4.98 Å². The standard InChI is InChI=1S/C12H12N4OS/c1-16-6-8(5-14-16)7-18-12-15-10-3-2-9(13)4-11(10)17-12/h2-6H,7,13H2,1H3. The van der Waals surface area contributed by atoms with E-state index < -0.39 is 0 Å². The Morgan fingerprint density at radius 3 is 3.11 bits per heavy atom. The van der Waals surface area contributed by atoms with Crippen LogP contribution >= 0.6 is 11.8 Å². The SMILES string of the molecule is Cn1cc(CSc2nc3ccc(N)cc3o2)cn1. The summed E-state index contributed by atoms with van der Waals surface area (Å²) < 4.78 is 7.40. The third kappa shape index (κ3) is 2.19. The number of nitrogens with zero attached hydrogens (tertiary/aromatic N) is 3.